The molecule has 0 radical (unpaired) electrons. The molecule has 1 aromatic rings. The maximum Gasteiger partial charge on any atom is 0.179 e. The largest absolute Gasteiger partial charge is 0.493 e. The van der Waals surface area contributed by atoms with E-state index in [0.717, 1.165) is 17.9 Å². The molecular weight excluding hydrogens is 296 g/mol. The van der Waals surface area contributed by atoms with Crippen LogP contribution in [0.15, 0.2) is 12.1 Å². The molecule has 0 aliphatic rings. The van der Waals surface area contributed by atoms with E-state index < -0.39 is 0 Å². The predicted molar refractivity (Wildman–Crippen MR) is 87.4 cm³/mol. The first-order valence-electron chi connectivity index (χ1n) is 6.40. The van der Waals surface area contributed by atoms with Gasteiger partial charge in [0.05, 0.1) is 19.2 Å². The van der Waals surface area contributed by atoms with Crippen LogP contribution < -0.4 is 15.2 Å². The number of hydrogen-bond acceptors (Lipinski definition) is 5. The summed E-state index contributed by atoms with van der Waals surface area (Å²) in [5.41, 5.74) is 6.90. The molecular formula is C14H23ClN2O2S. The highest BCUT2D eigenvalue weighted by Gasteiger charge is 2.22. The molecule has 0 aromatic heterocycles. The SMILES string of the molecule is COc1ccc(C(CN)N(C)CCSC)c(Cl)c1OC. The molecule has 0 spiro atoms. The first kappa shape index (κ1) is 17.4. The molecule has 0 heterocycles. The fourth-order valence-electron chi connectivity index (χ4n) is 2.10. The van der Waals surface area contributed by atoms with Gasteiger partial charge in [0.2, 0.25) is 0 Å². The van der Waals surface area contributed by atoms with Gasteiger partial charge in [0.1, 0.15) is 0 Å². The Morgan fingerprint density at radius 1 is 1.35 bits per heavy atom. The monoisotopic (exact) mass is 318 g/mol. The van der Waals surface area contributed by atoms with Gasteiger partial charge in [-0.15, -0.1) is 0 Å². The van der Waals surface area contributed by atoms with E-state index in [4.69, 9.17) is 26.8 Å². The molecule has 2 N–H and O–H groups in total. The van der Waals surface area contributed by atoms with Crippen LogP contribution in [0.5, 0.6) is 11.5 Å². The van der Waals surface area contributed by atoms with Crippen LogP contribution in [0.25, 0.3) is 0 Å². The molecule has 1 atom stereocenters. The minimum Gasteiger partial charge on any atom is -0.493 e. The highest BCUT2D eigenvalue weighted by atomic mass is 35.5. The zero-order valence-electron chi connectivity index (χ0n) is 12.5. The predicted octanol–water partition coefficient (Wildman–Crippen LogP) is 2.65. The number of halogens is 1. The molecule has 1 aromatic carbocycles. The Morgan fingerprint density at radius 2 is 2.05 bits per heavy atom. The lowest BCUT2D eigenvalue weighted by Crippen LogP contribution is -2.32. The van der Waals surface area contributed by atoms with E-state index in [-0.39, 0.29) is 6.04 Å². The second-order valence-electron chi connectivity index (χ2n) is 4.43. The summed E-state index contributed by atoms with van der Waals surface area (Å²) in [4.78, 5) is 2.21. The standard InChI is InChI=1S/C14H23ClN2O2S/c1-17(7-8-20-4)11(9-16)10-5-6-12(18-2)14(19-3)13(10)15/h5-6,11H,7-9,16H2,1-4H3. The van der Waals surface area contributed by atoms with Gasteiger partial charge in [-0.05, 0) is 24.9 Å². The lowest BCUT2D eigenvalue weighted by atomic mass is 10.0. The van der Waals surface area contributed by atoms with Crippen molar-refractivity contribution >= 4 is 23.4 Å². The van der Waals surface area contributed by atoms with Crippen molar-refractivity contribution in [2.24, 2.45) is 5.73 Å². The number of hydrogen-bond donors (Lipinski definition) is 1. The van der Waals surface area contributed by atoms with E-state index in [2.05, 4.69) is 18.2 Å². The number of ether oxygens (including phenoxy) is 2. The van der Waals surface area contributed by atoms with Crippen molar-refractivity contribution in [3.63, 3.8) is 0 Å². The van der Waals surface area contributed by atoms with Gasteiger partial charge in [-0.25, -0.2) is 0 Å². The number of methoxy groups -OCH3 is 2. The topological polar surface area (TPSA) is 47.7 Å². The van der Waals surface area contributed by atoms with Crippen molar-refractivity contribution in [1.29, 1.82) is 0 Å². The quantitative estimate of drug-likeness (QED) is 0.798. The van der Waals surface area contributed by atoms with Crippen LogP contribution in [0, 0.1) is 0 Å². The Kier molecular flexibility index (Phi) is 7.51. The Morgan fingerprint density at radius 3 is 2.55 bits per heavy atom. The van der Waals surface area contributed by atoms with Crippen LogP contribution in [0.3, 0.4) is 0 Å². The Balaban J connectivity index is 3.09. The average Bonchev–Trinajstić information content (AvgIpc) is 2.46. The van der Waals surface area contributed by atoms with Crippen molar-refractivity contribution in [2.75, 3.05) is 46.4 Å². The van der Waals surface area contributed by atoms with Crippen molar-refractivity contribution < 1.29 is 9.47 Å². The smallest absolute Gasteiger partial charge is 0.179 e. The molecule has 0 fully saturated rings. The zero-order valence-corrected chi connectivity index (χ0v) is 14.1. The van der Waals surface area contributed by atoms with Crippen molar-refractivity contribution in [1.82, 2.24) is 4.90 Å². The summed E-state index contributed by atoms with van der Waals surface area (Å²) < 4.78 is 10.6. The van der Waals surface area contributed by atoms with Gasteiger partial charge in [0.25, 0.3) is 0 Å². The van der Waals surface area contributed by atoms with E-state index in [0.29, 0.717) is 23.1 Å². The molecule has 20 heavy (non-hydrogen) atoms. The van der Waals surface area contributed by atoms with Crippen LogP contribution >= 0.6 is 23.4 Å². The number of thioether (sulfide) groups is 1. The van der Waals surface area contributed by atoms with Gasteiger partial charge in [0, 0.05) is 24.9 Å². The third kappa shape index (κ3) is 3.95. The Labute approximate surface area is 130 Å². The molecule has 6 heteroatoms. The van der Waals surface area contributed by atoms with Crippen LogP contribution in [0.2, 0.25) is 5.02 Å². The van der Waals surface area contributed by atoms with Gasteiger partial charge in [0.15, 0.2) is 11.5 Å². The molecule has 1 unspecified atom stereocenters. The third-order valence-electron chi connectivity index (χ3n) is 3.28. The van der Waals surface area contributed by atoms with Crippen LogP contribution in [0.4, 0.5) is 0 Å². The Hall–Kier alpha value is -0.620. The van der Waals surface area contributed by atoms with Crippen molar-refractivity contribution in [2.45, 2.75) is 6.04 Å². The Bertz CT molecular complexity index is 432. The van der Waals surface area contributed by atoms with Crippen molar-refractivity contribution in [3.05, 3.63) is 22.7 Å². The van der Waals surface area contributed by atoms with Crippen molar-refractivity contribution in [3.8, 4) is 11.5 Å². The minimum atomic E-state index is 0.0643. The lowest BCUT2D eigenvalue weighted by molar-refractivity contribution is 0.264. The highest BCUT2D eigenvalue weighted by molar-refractivity contribution is 7.98. The number of likely N-dealkylation sites (N-methyl/N-ethyl adjacent to an activating group) is 1. The molecule has 0 bridgehead atoms. The lowest BCUT2D eigenvalue weighted by Gasteiger charge is -2.28. The average molecular weight is 319 g/mol. The molecule has 1 rings (SSSR count). The molecule has 0 saturated heterocycles. The third-order valence-corrected chi connectivity index (χ3v) is 4.26. The molecule has 0 saturated carbocycles. The normalized spacial score (nSPS) is 12.6. The van der Waals surface area contributed by atoms with Gasteiger partial charge in [-0.2, -0.15) is 11.8 Å². The van der Waals surface area contributed by atoms with E-state index in [1.807, 2.05) is 23.9 Å². The summed E-state index contributed by atoms with van der Waals surface area (Å²) >= 11 is 8.26. The molecule has 4 nitrogen and oxygen atoms in total. The summed E-state index contributed by atoms with van der Waals surface area (Å²) in [6.07, 6.45) is 2.09. The molecule has 0 amide bonds. The first-order valence-corrected chi connectivity index (χ1v) is 8.17. The number of nitrogens with two attached hydrogens (primary N) is 1. The second kappa shape index (κ2) is 8.62. The van der Waals surface area contributed by atoms with E-state index in [9.17, 15) is 0 Å². The summed E-state index contributed by atoms with van der Waals surface area (Å²) in [5.74, 6) is 2.24. The van der Waals surface area contributed by atoms with E-state index in [1.54, 1.807) is 14.2 Å². The highest BCUT2D eigenvalue weighted by Crippen LogP contribution is 2.40. The number of benzene rings is 1. The fourth-order valence-corrected chi connectivity index (χ4v) is 2.93. The fraction of sp³-hybridized carbons (Fsp3) is 0.571. The summed E-state index contributed by atoms with van der Waals surface area (Å²) in [5, 5.41) is 0.568. The summed E-state index contributed by atoms with van der Waals surface area (Å²) in [6, 6.07) is 3.89. The molecule has 0 aliphatic heterocycles. The zero-order chi connectivity index (χ0) is 15.1. The minimum absolute atomic E-state index is 0.0643. The van der Waals surface area contributed by atoms with Gasteiger partial charge < -0.3 is 15.2 Å². The van der Waals surface area contributed by atoms with Gasteiger partial charge in [-0.3, -0.25) is 4.90 Å². The van der Waals surface area contributed by atoms with Crippen LogP contribution in [0.1, 0.15) is 11.6 Å². The van der Waals surface area contributed by atoms with Crippen LogP contribution in [-0.4, -0.2) is 51.3 Å². The van der Waals surface area contributed by atoms with E-state index in [1.165, 1.54) is 0 Å². The second-order valence-corrected chi connectivity index (χ2v) is 5.79. The number of nitrogens with zero attached hydrogens (tertiary/aromatic N) is 1. The van der Waals surface area contributed by atoms with Gasteiger partial charge in [-0.1, -0.05) is 17.7 Å². The molecule has 114 valence electrons. The number of rotatable bonds is 8. The maximum absolute atomic E-state index is 6.45. The van der Waals surface area contributed by atoms with E-state index >= 15 is 0 Å². The maximum atomic E-state index is 6.45. The summed E-state index contributed by atoms with van der Waals surface area (Å²) in [6.45, 7) is 1.45. The first-order chi connectivity index (χ1) is 9.60. The van der Waals surface area contributed by atoms with Crippen LogP contribution in [-0.2, 0) is 0 Å². The molecule has 0 aliphatic carbocycles. The summed E-state index contributed by atoms with van der Waals surface area (Å²) in [7, 11) is 5.24. The van der Waals surface area contributed by atoms with Gasteiger partial charge >= 0.3 is 0 Å².